The monoisotopic (exact) mass is 233 g/mol. The van der Waals surface area contributed by atoms with Crippen LogP contribution in [0.3, 0.4) is 0 Å². The van der Waals surface area contributed by atoms with Crippen LogP contribution in [0.25, 0.3) is 0 Å². The maximum atomic E-state index is 11.5. The number of thiophene rings is 1. The van der Waals surface area contributed by atoms with Gasteiger partial charge < -0.3 is 5.73 Å². The van der Waals surface area contributed by atoms with Gasteiger partial charge in [0.25, 0.3) is 0 Å². The minimum Gasteiger partial charge on any atom is -0.322 e. The maximum absolute atomic E-state index is 11.5. The largest absolute Gasteiger partial charge is 0.322 e. The minimum atomic E-state index is -2.98. The molecule has 0 saturated carbocycles. The Morgan fingerprint density at radius 3 is 2.79 bits per heavy atom. The second-order valence-electron chi connectivity index (χ2n) is 3.24. The lowest BCUT2D eigenvalue weighted by Gasteiger charge is -2.09. The van der Waals surface area contributed by atoms with Gasteiger partial charge >= 0.3 is 0 Å². The summed E-state index contributed by atoms with van der Waals surface area (Å²) >= 11 is 1.50. The summed E-state index contributed by atoms with van der Waals surface area (Å²) in [6.07, 6.45) is 0.652. The summed E-state index contributed by atoms with van der Waals surface area (Å²) in [7, 11) is -2.98. The normalized spacial score (nSPS) is 14.1. The van der Waals surface area contributed by atoms with Crippen molar-refractivity contribution in [3.8, 4) is 0 Å². The van der Waals surface area contributed by atoms with Gasteiger partial charge in [0.1, 0.15) is 0 Å². The number of hydrogen-bond acceptors (Lipinski definition) is 4. The van der Waals surface area contributed by atoms with Gasteiger partial charge in [0.05, 0.1) is 11.8 Å². The minimum absolute atomic E-state index is 0.0569. The van der Waals surface area contributed by atoms with Crippen LogP contribution in [0.5, 0.6) is 0 Å². The van der Waals surface area contributed by atoms with E-state index >= 15 is 0 Å². The number of hydrogen-bond donors (Lipinski definition) is 1. The Bertz CT molecular complexity index is 356. The molecule has 0 aliphatic rings. The summed E-state index contributed by atoms with van der Waals surface area (Å²) in [5.41, 5.74) is 5.79. The van der Waals surface area contributed by atoms with E-state index in [1.165, 1.54) is 11.3 Å². The molecule has 0 amide bonds. The van der Waals surface area contributed by atoms with E-state index in [0.717, 1.165) is 4.88 Å². The van der Waals surface area contributed by atoms with Crippen molar-refractivity contribution in [3.63, 3.8) is 0 Å². The van der Waals surface area contributed by atoms with Crippen molar-refractivity contribution >= 4 is 21.2 Å². The smallest absolute Gasteiger partial charge is 0.152 e. The second-order valence-corrected chi connectivity index (χ2v) is 6.44. The first-order valence-electron chi connectivity index (χ1n) is 4.54. The first kappa shape index (κ1) is 11.7. The molecular weight excluding hydrogens is 218 g/mol. The molecule has 0 aromatic carbocycles. The zero-order chi connectivity index (χ0) is 10.6. The van der Waals surface area contributed by atoms with Crippen LogP contribution in [0.15, 0.2) is 17.5 Å². The fraction of sp³-hybridized carbons (Fsp3) is 0.556. The van der Waals surface area contributed by atoms with Crippen LogP contribution in [0.2, 0.25) is 0 Å². The van der Waals surface area contributed by atoms with Crippen molar-refractivity contribution < 1.29 is 8.42 Å². The molecule has 3 nitrogen and oxygen atoms in total. The van der Waals surface area contributed by atoms with Crippen LogP contribution in [0.4, 0.5) is 0 Å². The third-order valence-electron chi connectivity index (χ3n) is 1.86. The molecule has 14 heavy (non-hydrogen) atoms. The van der Waals surface area contributed by atoms with E-state index in [4.69, 9.17) is 5.73 Å². The third kappa shape index (κ3) is 3.40. The van der Waals surface area contributed by atoms with Gasteiger partial charge in [-0.25, -0.2) is 8.42 Å². The molecule has 1 rings (SSSR count). The molecule has 1 aromatic heterocycles. The molecule has 1 atom stereocenters. The van der Waals surface area contributed by atoms with E-state index in [-0.39, 0.29) is 17.5 Å². The van der Waals surface area contributed by atoms with Gasteiger partial charge in [-0.1, -0.05) is 13.0 Å². The molecule has 5 heteroatoms. The molecule has 0 spiro atoms. The highest BCUT2D eigenvalue weighted by molar-refractivity contribution is 7.91. The Morgan fingerprint density at radius 2 is 2.29 bits per heavy atom. The fourth-order valence-corrected chi connectivity index (χ4v) is 3.60. The number of nitrogens with two attached hydrogens (primary N) is 1. The fourth-order valence-electron chi connectivity index (χ4n) is 1.25. The molecule has 0 fully saturated rings. The Morgan fingerprint density at radius 1 is 1.57 bits per heavy atom. The van der Waals surface area contributed by atoms with Crippen LogP contribution in [-0.2, 0) is 9.84 Å². The van der Waals surface area contributed by atoms with E-state index in [1.54, 1.807) is 0 Å². The molecule has 2 N–H and O–H groups in total. The summed E-state index contributed by atoms with van der Waals surface area (Å²) in [5, 5.41) is 1.90. The van der Waals surface area contributed by atoms with E-state index in [2.05, 4.69) is 0 Å². The van der Waals surface area contributed by atoms with E-state index in [1.807, 2.05) is 24.4 Å². The third-order valence-corrected chi connectivity index (χ3v) is 4.76. The van der Waals surface area contributed by atoms with Gasteiger partial charge in [-0.2, -0.15) is 0 Å². The highest BCUT2D eigenvalue weighted by atomic mass is 32.2. The van der Waals surface area contributed by atoms with Crippen molar-refractivity contribution in [3.05, 3.63) is 22.4 Å². The summed E-state index contributed by atoms with van der Waals surface area (Å²) in [5.74, 6) is 0.285. The van der Waals surface area contributed by atoms with Gasteiger partial charge in [-0.05, 0) is 17.9 Å². The van der Waals surface area contributed by atoms with Gasteiger partial charge in [-0.15, -0.1) is 11.3 Å². The van der Waals surface area contributed by atoms with Crippen LogP contribution >= 0.6 is 11.3 Å². The zero-order valence-corrected chi connectivity index (χ0v) is 9.77. The highest BCUT2D eigenvalue weighted by Gasteiger charge is 2.17. The first-order valence-corrected chi connectivity index (χ1v) is 7.24. The van der Waals surface area contributed by atoms with Crippen LogP contribution in [0.1, 0.15) is 24.3 Å². The topological polar surface area (TPSA) is 60.2 Å². The highest BCUT2D eigenvalue weighted by Crippen LogP contribution is 2.18. The Balaban J connectivity index is 2.61. The Labute approximate surface area is 88.9 Å². The van der Waals surface area contributed by atoms with Crippen molar-refractivity contribution in [1.29, 1.82) is 0 Å². The number of sulfone groups is 1. The van der Waals surface area contributed by atoms with Crippen molar-refractivity contribution in [2.24, 2.45) is 5.73 Å². The van der Waals surface area contributed by atoms with Crippen molar-refractivity contribution in [2.75, 3.05) is 11.5 Å². The van der Waals surface area contributed by atoms with Crippen molar-refractivity contribution in [1.82, 2.24) is 0 Å². The molecule has 0 aliphatic heterocycles. The quantitative estimate of drug-likeness (QED) is 0.840. The van der Waals surface area contributed by atoms with Crippen LogP contribution in [0, 0.1) is 0 Å². The molecule has 1 heterocycles. The predicted octanol–water partition coefficient (Wildman–Crippen LogP) is 1.57. The Hall–Kier alpha value is -0.390. The van der Waals surface area contributed by atoms with E-state index in [9.17, 15) is 8.42 Å². The molecule has 1 aromatic rings. The Kier molecular flexibility index (Phi) is 4.10. The lowest BCUT2D eigenvalue weighted by atomic mass is 10.3. The molecule has 80 valence electrons. The van der Waals surface area contributed by atoms with Gasteiger partial charge in [0, 0.05) is 10.6 Å². The lowest BCUT2D eigenvalue weighted by Crippen LogP contribution is -2.22. The van der Waals surface area contributed by atoms with Crippen LogP contribution in [-0.4, -0.2) is 19.9 Å². The summed E-state index contributed by atoms with van der Waals surface area (Å²) in [4.78, 5) is 0.935. The SMILES string of the molecule is CCCS(=O)(=O)CC(N)c1cccs1. The molecular formula is C9H15NO2S2. The molecule has 0 bridgehead atoms. The first-order chi connectivity index (χ1) is 6.55. The van der Waals surface area contributed by atoms with Crippen LogP contribution < -0.4 is 5.73 Å². The van der Waals surface area contributed by atoms with Gasteiger partial charge in [0.15, 0.2) is 9.84 Å². The zero-order valence-electron chi connectivity index (χ0n) is 8.14. The van der Waals surface area contributed by atoms with Gasteiger partial charge in [0.2, 0.25) is 0 Å². The van der Waals surface area contributed by atoms with Crippen molar-refractivity contribution in [2.45, 2.75) is 19.4 Å². The molecule has 0 aliphatic carbocycles. The van der Waals surface area contributed by atoms with Gasteiger partial charge in [-0.3, -0.25) is 0 Å². The molecule has 0 radical (unpaired) electrons. The van der Waals surface area contributed by atoms with E-state index in [0.29, 0.717) is 6.42 Å². The average molecular weight is 233 g/mol. The lowest BCUT2D eigenvalue weighted by molar-refractivity contribution is 0.588. The standard InChI is InChI=1S/C9H15NO2S2/c1-2-6-14(11,12)7-8(10)9-4-3-5-13-9/h3-5,8H,2,6-7,10H2,1H3. The molecule has 0 saturated heterocycles. The second kappa shape index (κ2) is 4.91. The maximum Gasteiger partial charge on any atom is 0.152 e. The van der Waals surface area contributed by atoms with E-state index < -0.39 is 9.84 Å². The summed E-state index contributed by atoms with van der Waals surface area (Å²) < 4.78 is 22.9. The summed E-state index contributed by atoms with van der Waals surface area (Å²) in [6.45, 7) is 1.86. The summed E-state index contributed by atoms with van der Waals surface area (Å²) in [6, 6.07) is 3.38. The predicted molar refractivity (Wildman–Crippen MR) is 60.2 cm³/mol. The average Bonchev–Trinajstić information content (AvgIpc) is 2.53. The number of rotatable bonds is 5. The molecule has 1 unspecified atom stereocenters.